The first-order valence-corrected chi connectivity index (χ1v) is 5.06. The smallest absolute Gasteiger partial charge is 0.129 e. The predicted molar refractivity (Wildman–Crippen MR) is 60.5 cm³/mol. The van der Waals surface area contributed by atoms with E-state index >= 15 is 0 Å². The Morgan fingerprint density at radius 2 is 2.40 bits per heavy atom. The van der Waals surface area contributed by atoms with Crippen molar-refractivity contribution in [2.24, 2.45) is 0 Å². The Bertz CT molecular complexity index is 349. The topological polar surface area (TPSA) is 45.1 Å². The van der Waals surface area contributed by atoms with Crippen molar-refractivity contribution in [3.05, 3.63) is 29.0 Å². The van der Waals surface area contributed by atoms with Gasteiger partial charge in [-0.25, -0.2) is 4.98 Å². The van der Waals surface area contributed by atoms with Gasteiger partial charge in [-0.2, -0.15) is 0 Å². The van der Waals surface area contributed by atoms with Crippen LogP contribution in [0.5, 0.6) is 0 Å². The molecule has 0 spiro atoms. The largest absolute Gasteiger partial charge is 0.385 e. The van der Waals surface area contributed by atoms with E-state index in [2.05, 4.69) is 16.2 Å². The quantitative estimate of drug-likeness (QED) is 0.451. The molecule has 4 heteroatoms. The van der Waals surface area contributed by atoms with Crippen LogP contribution in [0.4, 0.5) is 0 Å². The van der Waals surface area contributed by atoms with Crippen LogP contribution >= 0.6 is 11.6 Å². The predicted octanol–water partition coefficient (Wildman–Crippen LogP) is 1.38. The van der Waals surface area contributed by atoms with Crippen LogP contribution in [0.1, 0.15) is 18.2 Å². The molecule has 2 N–H and O–H groups in total. The number of pyridine rings is 1. The number of aliphatic hydroxyl groups excluding tert-OH is 1. The van der Waals surface area contributed by atoms with Gasteiger partial charge in [-0.3, -0.25) is 0 Å². The Balaban J connectivity index is 2.40. The second-order valence-corrected chi connectivity index (χ2v) is 3.45. The summed E-state index contributed by atoms with van der Waals surface area (Å²) < 4.78 is 0. The van der Waals surface area contributed by atoms with E-state index in [1.165, 1.54) is 0 Å². The fourth-order valence-corrected chi connectivity index (χ4v) is 1.28. The van der Waals surface area contributed by atoms with Gasteiger partial charge in [0.15, 0.2) is 0 Å². The third-order valence-electron chi connectivity index (χ3n) is 1.86. The molecule has 0 saturated carbocycles. The number of nitrogens with one attached hydrogen (secondary N) is 1. The summed E-state index contributed by atoms with van der Waals surface area (Å²) in [6.45, 7) is 1.11. The lowest BCUT2D eigenvalue weighted by atomic mass is 10.2. The fourth-order valence-electron chi connectivity index (χ4n) is 1.11. The van der Waals surface area contributed by atoms with Crippen LogP contribution in [-0.4, -0.2) is 23.2 Å². The summed E-state index contributed by atoms with van der Waals surface area (Å²) in [5.74, 6) is 2.51. The Kier molecular flexibility index (Phi) is 5.13. The van der Waals surface area contributed by atoms with E-state index in [4.69, 9.17) is 18.0 Å². The second kappa shape index (κ2) is 6.41. The van der Waals surface area contributed by atoms with E-state index in [9.17, 15) is 5.11 Å². The van der Waals surface area contributed by atoms with Crippen molar-refractivity contribution >= 4 is 11.6 Å². The molecular weight excluding hydrogens is 212 g/mol. The Hall–Kier alpha value is -1.08. The van der Waals surface area contributed by atoms with Gasteiger partial charge in [-0.1, -0.05) is 17.7 Å². The highest BCUT2D eigenvalue weighted by molar-refractivity contribution is 6.29. The monoisotopic (exact) mass is 224 g/mol. The normalized spacial score (nSPS) is 12.1. The molecule has 1 atom stereocenters. The summed E-state index contributed by atoms with van der Waals surface area (Å²) in [6.07, 6.45) is 5.09. The summed E-state index contributed by atoms with van der Waals surface area (Å²) in [6, 6.07) is 5.16. The summed E-state index contributed by atoms with van der Waals surface area (Å²) in [5, 5.41) is 13.1. The average molecular weight is 225 g/mol. The third kappa shape index (κ3) is 4.30. The van der Waals surface area contributed by atoms with Crippen molar-refractivity contribution in [2.75, 3.05) is 13.1 Å². The lowest BCUT2D eigenvalue weighted by molar-refractivity contribution is 0.170. The molecule has 15 heavy (non-hydrogen) atoms. The van der Waals surface area contributed by atoms with Gasteiger partial charge < -0.3 is 10.4 Å². The van der Waals surface area contributed by atoms with E-state index in [0.717, 1.165) is 0 Å². The summed E-state index contributed by atoms with van der Waals surface area (Å²) in [4.78, 5) is 4.01. The van der Waals surface area contributed by atoms with Gasteiger partial charge in [0.05, 0.1) is 5.69 Å². The molecule has 3 nitrogen and oxygen atoms in total. The van der Waals surface area contributed by atoms with Crippen LogP contribution in [0.3, 0.4) is 0 Å². The number of hydrogen-bond donors (Lipinski definition) is 2. The lowest BCUT2D eigenvalue weighted by Gasteiger charge is -2.10. The Morgan fingerprint density at radius 3 is 3.07 bits per heavy atom. The van der Waals surface area contributed by atoms with Gasteiger partial charge in [0.2, 0.25) is 0 Å². The van der Waals surface area contributed by atoms with E-state index in [1.54, 1.807) is 18.2 Å². The van der Waals surface area contributed by atoms with Gasteiger partial charge in [0, 0.05) is 19.5 Å². The molecule has 1 aromatic rings. The van der Waals surface area contributed by atoms with Crippen molar-refractivity contribution < 1.29 is 5.11 Å². The van der Waals surface area contributed by atoms with Crippen molar-refractivity contribution in [1.82, 2.24) is 10.3 Å². The van der Waals surface area contributed by atoms with Gasteiger partial charge in [-0.05, 0) is 12.1 Å². The molecule has 1 unspecified atom stereocenters. The molecule has 1 heterocycles. The molecule has 0 radical (unpaired) electrons. The minimum Gasteiger partial charge on any atom is -0.385 e. The molecule has 0 aliphatic heterocycles. The maximum absolute atomic E-state index is 9.71. The van der Waals surface area contributed by atoms with Gasteiger partial charge >= 0.3 is 0 Å². The molecule has 0 amide bonds. The molecule has 0 bridgehead atoms. The minimum absolute atomic E-state index is 0.384. The number of aromatic nitrogens is 1. The van der Waals surface area contributed by atoms with Crippen LogP contribution in [-0.2, 0) is 0 Å². The van der Waals surface area contributed by atoms with Crippen LogP contribution in [0, 0.1) is 12.3 Å². The minimum atomic E-state index is -0.651. The molecule has 0 aliphatic rings. The highest BCUT2D eigenvalue weighted by Crippen LogP contribution is 2.12. The standard InChI is InChI=1S/C11H13ClN2O/c1-2-3-7-13-8-10(15)9-5-4-6-11(12)14-9/h1,4-6,10,13,15H,3,7-8H2. The van der Waals surface area contributed by atoms with Gasteiger partial charge in [0.1, 0.15) is 11.3 Å². The SMILES string of the molecule is C#CCCNCC(O)c1cccc(Cl)n1. The number of halogens is 1. The van der Waals surface area contributed by atoms with Crippen LogP contribution in [0.25, 0.3) is 0 Å². The first-order chi connectivity index (χ1) is 7.24. The maximum Gasteiger partial charge on any atom is 0.129 e. The van der Waals surface area contributed by atoms with E-state index in [-0.39, 0.29) is 0 Å². The van der Waals surface area contributed by atoms with Crippen molar-refractivity contribution in [2.45, 2.75) is 12.5 Å². The first kappa shape index (κ1) is 12.0. The molecule has 0 aromatic carbocycles. The number of hydrogen-bond acceptors (Lipinski definition) is 3. The lowest BCUT2D eigenvalue weighted by Crippen LogP contribution is -2.22. The summed E-state index contributed by atoms with van der Waals surface area (Å²) in [7, 11) is 0. The number of rotatable bonds is 5. The average Bonchev–Trinajstić information content (AvgIpc) is 2.24. The zero-order valence-electron chi connectivity index (χ0n) is 8.28. The molecule has 1 aromatic heterocycles. The van der Waals surface area contributed by atoms with E-state index < -0.39 is 6.10 Å². The number of aliphatic hydroxyl groups is 1. The summed E-state index contributed by atoms with van der Waals surface area (Å²) in [5.41, 5.74) is 0.565. The molecule has 0 aliphatic carbocycles. The van der Waals surface area contributed by atoms with Gasteiger partial charge in [-0.15, -0.1) is 12.3 Å². The zero-order chi connectivity index (χ0) is 11.1. The highest BCUT2D eigenvalue weighted by atomic mass is 35.5. The Labute approximate surface area is 94.5 Å². The van der Waals surface area contributed by atoms with Crippen LogP contribution in [0.2, 0.25) is 5.15 Å². The van der Waals surface area contributed by atoms with Crippen LogP contribution in [0.15, 0.2) is 18.2 Å². The van der Waals surface area contributed by atoms with E-state index in [1.807, 2.05) is 0 Å². The Morgan fingerprint density at radius 1 is 1.60 bits per heavy atom. The molecule has 0 saturated heterocycles. The second-order valence-electron chi connectivity index (χ2n) is 3.06. The van der Waals surface area contributed by atoms with Gasteiger partial charge in [0.25, 0.3) is 0 Å². The first-order valence-electron chi connectivity index (χ1n) is 4.68. The maximum atomic E-state index is 9.71. The zero-order valence-corrected chi connectivity index (χ0v) is 9.04. The number of terminal acetylenes is 1. The van der Waals surface area contributed by atoms with E-state index in [0.29, 0.717) is 30.4 Å². The summed E-state index contributed by atoms with van der Waals surface area (Å²) >= 11 is 5.70. The fraction of sp³-hybridized carbons (Fsp3) is 0.364. The molecule has 80 valence electrons. The molecule has 1 rings (SSSR count). The van der Waals surface area contributed by atoms with Crippen molar-refractivity contribution in [1.29, 1.82) is 0 Å². The molecular formula is C11H13ClN2O. The van der Waals surface area contributed by atoms with Crippen molar-refractivity contribution in [3.63, 3.8) is 0 Å². The third-order valence-corrected chi connectivity index (χ3v) is 2.07. The molecule has 0 fully saturated rings. The number of nitrogens with zero attached hydrogens (tertiary/aromatic N) is 1. The highest BCUT2D eigenvalue weighted by Gasteiger charge is 2.08. The van der Waals surface area contributed by atoms with Crippen LogP contribution < -0.4 is 5.32 Å². The van der Waals surface area contributed by atoms with Crippen molar-refractivity contribution in [3.8, 4) is 12.3 Å².